The van der Waals surface area contributed by atoms with Crippen molar-refractivity contribution in [2.45, 2.75) is 6.54 Å². The zero-order chi connectivity index (χ0) is 12.0. The maximum absolute atomic E-state index is 10.8. The van der Waals surface area contributed by atoms with Gasteiger partial charge in [0.1, 0.15) is 0 Å². The van der Waals surface area contributed by atoms with E-state index in [2.05, 4.69) is 5.32 Å². The van der Waals surface area contributed by atoms with Gasteiger partial charge >= 0.3 is 0 Å². The molecule has 0 heterocycles. The number of hydrogen-bond donors (Lipinski definition) is 1. The molecule has 0 aromatic heterocycles. The molecule has 5 nitrogen and oxygen atoms in total. The Hall–Kier alpha value is -1.27. The summed E-state index contributed by atoms with van der Waals surface area (Å²) >= 11 is 0. The van der Waals surface area contributed by atoms with Gasteiger partial charge in [-0.25, -0.2) is 0 Å². The molecule has 1 aromatic carbocycles. The van der Waals surface area contributed by atoms with Crippen molar-refractivity contribution < 1.29 is 9.13 Å². The molecule has 1 unspecified atom stereocenters. The second-order valence-electron chi connectivity index (χ2n) is 3.38. The molecule has 6 heteroatoms. The van der Waals surface area contributed by atoms with Gasteiger partial charge in [0.05, 0.1) is 4.92 Å². The van der Waals surface area contributed by atoms with Crippen LogP contribution in [0.4, 0.5) is 5.69 Å². The van der Waals surface area contributed by atoms with Crippen LogP contribution in [0.2, 0.25) is 0 Å². The van der Waals surface area contributed by atoms with E-state index in [1.807, 2.05) is 6.07 Å². The van der Waals surface area contributed by atoms with E-state index in [-0.39, 0.29) is 5.69 Å². The third-order valence-electron chi connectivity index (χ3n) is 2.02. The number of rotatable bonds is 6. The van der Waals surface area contributed by atoms with E-state index in [1.165, 1.54) is 12.1 Å². The minimum absolute atomic E-state index is 0.0957. The first-order valence-electron chi connectivity index (χ1n) is 4.83. The number of hydrogen-bond acceptors (Lipinski definition) is 4. The van der Waals surface area contributed by atoms with Crippen LogP contribution in [0.5, 0.6) is 0 Å². The zero-order valence-electron chi connectivity index (χ0n) is 9.01. The van der Waals surface area contributed by atoms with Gasteiger partial charge in [-0.3, -0.25) is 14.3 Å². The molecule has 0 aliphatic carbocycles. The molecule has 0 saturated heterocycles. The lowest BCUT2D eigenvalue weighted by atomic mass is 10.2. The predicted molar refractivity (Wildman–Crippen MR) is 63.7 cm³/mol. The number of nitro groups is 1. The van der Waals surface area contributed by atoms with E-state index in [1.54, 1.807) is 12.3 Å². The second kappa shape index (κ2) is 6.34. The first-order valence-corrected chi connectivity index (χ1v) is 6.56. The summed E-state index contributed by atoms with van der Waals surface area (Å²) in [6, 6.07) is 6.48. The van der Waals surface area contributed by atoms with E-state index < -0.39 is 15.7 Å². The third kappa shape index (κ3) is 4.50. The fourth-order valence-corrected chi connectivity index (χ4v) is 1.66. The van der Waals surface area contributed by atoms with Crippen molar-refractivity contribution in [2.24, 2.45) is 0 Å². The maximum atomic E-state index is 10.8. The number of nitro benzene ring substituents is 1. The van der Waals surface area contributed by atoms with Gasteiger partial charge in [0.25, 0.3) is 5.69 Å². The number of nitrogens with zero attached hydrogens (tertiary/aromatic N) is 1. The lowest BCUT2D eigenvalue weighted by Gasteiger charge is -2.03. The highest BCUT2D eigenvalue weighted by Crippen LogP contribution is 2.12. The molecule has 1 N–H and O–H groups in total. The topological polar surface area (TPSA) is 72.2 Å². The van der Waals surface area contributed by atoms with Crippen LogP contribution in [0.3, 0.4) is 0 Å². The summed E-state index contributed by atoms with van der Waals surface area (Å²) in [5.74, 6) is 0.592. The summed E-state index contributed by atoms with van der Waals surface area (Å²) in [7, 11) is -0.806. The minimum atomic E-state index is -0.806. The van der Waals surface area contributed by atoms with Crippen LogP contribution < -0.4 is 5.32 Å². The molecular weight excluding hydrogens is 228 g/mol. The summed E-state index contributed by atoms with van der Waals surface area (Å²) in [5.41, 5.74) is 0.953. The SMILES string of the molecule is CS(=O)CCNCc1cccc([N+](=O)[O-])c1. The molecule has 16 heavy (non-hydrogen) atoms. The lowest BCUT2D eigenvalue weighted by molar-refractivity contribution is -0.384. The highest BCUT2D eigenvalue weighted by atomic mass is 32.2. The third-order valence-corrected chi connectivity index (χ3v) is 2.80. The van der Waals surface area contributed by atoms with Crippen molar-refractivity contribution in [1.82, 2.24) is 5.32 Å². The lowest BCUT2D eigenvalue weighted by Crippen LogP contribution is -2.19. The summed E-state index contributed by atoms with van der Waals surface area (Å²) in [5, 5.41) is 13.6. The standard InChI is InChI=1S/C10H14N2O3S/c1-16(15)6-5-11-8-9-3-2-4-10(7-9)12(13)14/h2-4,7,11H,5-6,8H2,1H3. The largest absolute Gasteiger partial charge is 0.312 e. The average molecular weight is 242 g/mol. The molecule has 88 valence electrons. The van der Waals surface area contributed by atoms with Crippen LogP contribution in [0.25, 0.3) is 0 Å². The normalized spacial score (nSPS) is 12.3. The summed E-state index contributed by atoms with van der Waals surface area (Å²) in [6.45, 7) is 1.20. The molecule has 0 bridgehead atoms. The molecule has 0 aliphatic heterocycles. The molecule has 0 spiro atoms. The van der Waals surface area contributed by atoms with Crippen molar-refractivity contribution in [3.05, 3.63) is 39.9 Å². The Morgan fingerprint density at radius 3 is 2.88 bits per heavy atom. The van der Waals surface area contributed by atoms with Gasteiger partial charge < -0.3 is 5.32 Å². The van der Waals surface area contributed by atoms with E-state index in [4.69, 9.17) is 0 Å². The maximum Gasteiger partial charge on any atom is 0.269 e. The van der Waals surface area contributed by atoms with E-state index in [0.717, 1.165) is 5.56 Å². The van der Waals surface area contributed by atoms with Crippen molar-refractivity contribution in [1.29, 1.82) is 0 Å². The number of nitrogens with one attached hydrogen (secondary N) is 1. The molecule has 1 aromatic rings. The van der Waals surface area contributed by atoms with Crippen LogP contribution in [-0.2, 0) is 17.3 Å². The molecule has 0 fully saturated rings. The van der Waals surface area contributed by atoms with Gasteiger partial charge in [-0.2, -0.15) is 0 Å². The molecule has 0 saturated carbocycles. The molecule has 1 atom stereocenters. The Kier molecular flexibility index (Phi) is 5.07. The predicted octanol–water partition coefficient (Wildman–Crippen LogP) is 1.06. The van der Waals surface area contributed by atoms with Crippen molar-refractivity contribution in [3.63, 3.8) is 0 Å². The molecule has 0 aliphatic rings. The fourth-order valence-electron chi connectivity index (χ4n) is 1.23. The van der Waals surface area contributed by atoms with Crippen molar-refractivity contribution in [3.8, 4) is 0 Å². The highest BCUT2D eigenvalue weighted by Gasteiger charge is 2.04. The van der Waals surface area contributed by atoms with Crippen LogP contribution in [0, 0.1) is 10.1 Å². The quantitative estimate of drug-likeness (QED) is 0.460. The van der Waals surface area contributed by atoms with Gasteiger partial charge in [-0.15, -0.1) is 0 Å². The smallest absolute Gasteiger partial charge is 0.269 e. The Morgan fingerprint density at radius 1 is 1.50 bits per heavy atom. The molecule has 0 radical (unpaired) electrons. The minimum Gasteiger partial charge on any atom is -0.312 e. The molecular formula is C10H14N2O3S. The number of non-ortho nitro benzene ring substituents is 1. The molecule has 1 rings (SSSR count). The Bertz CT molecular complexity index is 395. The van der Waals surface area contributed by atoms with Gasteiger partial charge in [0.15, 0.2) is 0 Å². The average Bonchev–Trinajstić information content (AvgIpc) is 2.24. The Labute approximate surface area is 96.5 Å². The number of benzene rings is 1. The Morgan fingerprint density at radius 2 is 2.25 bits per heavy atom. The van der Waals surface area contributed by atoms with Crippen LogP contribution in [0.15, 0.2) is 24.3 Å². The summed E-state index contributed by atoms with van der Waals surface area (Å²) < 4.78 is 10.8. The van der Waals surface area contributed by atoms with E-state index in [9.17, 15) is 14.3 Å². The van der Waals surface area contributed by atoms with Crippen LogP contribution in [-0.4, -0.2) is 27.7 Å². The van der Waals surface area contributed by atoms with E-state index >= 15 is 0 Å². The van der Waals surface area contributed by atoms with Crippen molar-refractivity contribution in [2.75, 3.05) is 18.6 Å². The Balaban J connectivity index is 2.45. The van der Waals surface area contributed by atoms with Gasteiger partial charge in [-0.05, 0) is 5.56 Å². The van der Waals surface area contributed by atoms with Crippen LogP contribution >= 0.6 is 0 Å². The summed E-state index contributed by atoms with van der Waals surface area (Å²) in [6.07, 6.45) is 1.65. The molecule has 0 amide bonds. The monoisotopic (exact) mass is 242 g/mol. The van der Waals surface area contributed by atoms with Gasteiger partial charge in [0, 0.05) is 48.0 Å². The first kappa shape index (κ1) is 12.8. The van der Waals surface area contributed by atoms with Gasteiger partial charge in [0.2, 0.25) is 0 Å². The van der Waals surface area contributed by atoms with Crippen molar-refractivity contribution >= 4 is 16.5 Å². The van der Waals surface area contributed by atoms with E-state index in [0.29, 0.717) is 18.8 Å². The second-order valence-corrected chi connectivity index (χ2v) is 4.94. The van der Waals surface area contributed by atoms with Gasteiger partial charge in [-0.1, -0.05) is 12.1 Å². The zero-order valence-corrected chi connectivity index (χ0v) is 9.83. The first-order chi connectivity index (χ1) is 7.59. The highest BCUT2D eigenvalue weighted by molar-refractivity contribution is 7.84. The summed E-state index contributed by atoms with van der Waals surface area (Å²) in [4.78, 5) is 10.1. The fraction of sp³-hybridized carbons (Fsp3) is 0.400. The van der Waals surface area contributed by atoms with Crippen LogP contribution in [0.1, 0.15) is 5.56 Å².